The molecule has 2 heterocycles. The molecule has 0 aliphatic rings. The molecule has 0 atom stereocenters. The first-order chi connectivity index (χ1) is 11.0. The molecular formula is C16H17N5O2. The van der Waals surface area contributed by atoms with Gasteiger partial charge in [0.05, 0.1) is 6.20 Å². The average Bonchev–Trinajstić information content (AvgIpc) is 2.79. The molecule has 3 rings (SSSR count). The Bertz CT molecular complexity index is 925. The summed E-state index contributed by atoms with van der Waals surface area (Å²) in [5.41, 5.74) is 1.50. The zero-order valence-corrected chi connectivity index (χ0v) is 13.2. The minimum absolute atomic E-state index is 0.331. The molecule has 0 saturated carbocycles. The summed E-state index contributed by atoms with van der Waals surface area (Å²) in [5.74, 6) is 0.564. The van der Waals surface area contributed by atoms with Crippen molar-refractivity contribution in [1.82, 2.24) is 24.0 Å². The first-order valence-electron chi connectivity index (χ1n) is 7.18. The topological polar surface area (TPSA) is 73.0 Å². The van der Waals surface area contributed by atoms with Gasteiger partial charge in [-0.05, 0) is 5.56 Å². The molecule has 7 heteroatoms. The second-order valence-electron chi connectivity index (χ2n) is 5.51. The van der Waals surface area contributed by atoms with Gasteiger partial charge in [0.1, 0.15) is 11.3 Å². The zero-order chi connectivity index (χ0) is 16.6. The number of rotatable bonds is 2. The monoisotopic (exact) mass is 311 g/mol. The molecule has 23 heavy (non-hydrogen) atoms. The minimum atomic E-state index is -0.426. The highest BCUT2D eigenvalue weighted by Crippen LogP contribution is 2.12. The number of aryl methyl sites for hydroxylation is 1. The Balaban J connectivity index is 2.13. The van der Waals surface area contributed by atoms with Crippen molar-refractivity contribution in [2.75, 3.05) is 14.1 Å². The van der Waals surface area contributed by atoms with Crippen LogP contribution in [0, 0.1) is 0 Å². The maximum Gasteiger partial charge on any atom is 0.338 e. The molecule has 0 fully saturated rings. The molecule has 0 unspecified atom stereocenters. The maximum atomic E-state index is 12.3. The Kier molecular flexibility index (Phi) is 3.69. The molecule has 0 aliphatic carbocycles. The molecule has 3 aromatic rings. The lowest BCUT2D eigenvalue weighted by molar-refractivity contribution is 0.219. The summed E-state index contributed by atoms with van der Waals surface area (Å²) in [5, 5.41) is 0. The van der Waals surface area contributed by atoms with Crippen molar-refractivity contribution in [3.05, 3.63) is 58.4 Å². The van der Waals surface area contributed by atoms with E-state index in [-0.39, 0.29) is 0 Å². The SMILES string of the molecule is CN(C)C(=O)n1c(=O)n(C)c2cnc(Cc3ccccc3)nc21. The molecule has 1 amide bonds. The zero-order valence-electron chi connectivity index (χ0n) is 13.2. The molecule has 1 aromatic carbocycles. The summed E-state index contributed by atoms with van der Waals surface area (Å²) < 4.78 is 2.45. The summed E-state index contributed by atoms with van der Waals surface area (Å²) in [6, 6.07) is 9.37. The van der Waals surface area contributed by atoms with E-state index < -0.39 is 11.7 Å². The summed E-state index contributed by atoms with van der Waals surface area (Å²) in [7, 11) is 4.80. The van der Waals surface area contributed by atoms with Gasteiger partial charge in [0.25, 0.3) is 0 Å². The molecule has 0 saturated heterocycles. The summed E-state index contributed by atoms with van der Waals surface area (Å²) in [4.78, 5) is 34.7. The molecule has 0 radical (unpaired) electrons. The average molecular weight is 311 g/mol. The van der Waals surface area contributed by atoms with Gasteiger partial charge in [-0.25, -0.2) is 19.6 Å². The lowest BCUT2D eigenvalue weighted by Crippen LogP contribution is -2.35. The van der Waals surface area contributed by atoms with Gasteiger partial charge < -0.3 is 4.90 Å². The quantitative estimate of drug-likeness (QED) is 0.714. The number of imidazole rings is 1. The number of benzene rings is 1. The molecule has 0 aliphatic heterocycles. The number of nitrogens with zero attached hydrogens (tertiary/aromatic N) is 5. The fourth-order valence-corrected chi connectivity index (χ4v) is 2.38. The van der Waals surface area contributed by atoms with Crippen molar-refractivity contribution < 1.29 is 4.79 Å². The second-order valence-corrected chi connectivity index (χ2v) is 5.51. The van der Waals surface area contributed by atoms with Gasteiger partial charge in [-0.3, -0.25) is 4.57 Å². The van der Waals surface area contributed by atoms with E-state index in [1.54, 1.807) is 27.3 Å². The number of hydrogen-bond donors (Lipinski definition) is 0. The van der Waals surface area contributed by atoms with Gasteiger partial charge in [-0.1, -0.05) is 30.3 Å². The molecule has 0 bridgehead atoms. The van der Waals surface area contributed by atoms with Crippen LogP contribution in [0.2, 0.25) is 0 Å². The number of carbonyl (C=O) groups is 1. The molecular weight excluding hydrogens is 294 g/mol. The van der Waals surface area contributed by atoms with E-state index in [2.05, 4.69) is 9.97 Å². The molecule has 118 valence electrons. The van der Waals surface area contributed by atoms with Crippen molar-refractivity contribution >= 4 is 17.2 Å². The predicted octanol–water partition coefficient (Wildman–Crippen LogP) is 1.25. The standard InChI is InChI=1S/C16H17N5O2/c1-19(2)15(22)21-14-12(20(3)16(21)23)10-17-13(18-14)9-11-7-5-4-6-8-11/h4-8,10H,9H2,1-3H3. The smallest absolute Gasteiger partial charge is 0.330 e. The number of fused-ring (bicyclic) bond motifs is 1. The van der Waals surface area contributed by atoms with Gasteiger partial charge >= 0.3 is 11.7 Å². The summed E-state index contributed by atoms with van der Waals surface area (Å²) >= 11 is 0. The van der Waals surface area contributed by atoms with Crippen molar-refractivity contribution in [3.8, 4) is 0 Å². The van der Waals surface area contributed by atoms with Crippen LogP contribution in [0.5, 0.6) is 0 Å². The Hall–Kier alpha value is -2.96. The van der Waals surface area contributed by atoms with E-state index in [1.807, 2.05) is 30.3 Å². The Morgan fingerprint density at radius 1 is 1.22 bits per heavy atom. The first-order valence-corrected chi connectivity index (χ1v) is 7.18. The van der Waals surface area contributed by atoms with Crippen LogP contribution in [-0.4, -0.2) is 44.1 Å². The van der Waals surface area contributed by atoms with Crippen molar-refractivity contribution in [2.24, 2.45) is 7.05 Å². The highest BCUT2D eigenvalue weighted by Gasteiger charge is 2.20. The third-order valence-corrected chi connectivity index (χ3v) is 3.63. The normalized spacial score (nSPS) is 10.9. The van der Waals surface area contributed by atoms with Crippen molar-refractivity contribution in [1.29, 1.82) is 0 Å². The van der Waals surface area contributed by atoms with Gasteiger partial charge in [-0.15, -0.1) is 0 Å². The van der Waals surface area contributed by atoms with E-state index in [4.69, 9.17) is 0 Å². The first kappa shape index (κ1) is 15.0. The highest BCUT2D eigenvalue weighted by atomic mass is 16.2. The van der Waals surface area contributed by atoms with Gasteiger partial charge in [-0.2, -0.15) is 4.57 Å². The van der Waals surface area contributed by atoms with Gasteiger partial charge in [0.2, 0.25) is 0 Å². The minimum Gasteiger partial charge on any atom is -0.330 e. The van der Waals surface area contributed by atoms with Crippen LogP contribution in [0.15, 0.2) is 41.3 Å². The number of aromatic nitrogens is 4. The van der Waals surface area contributed by atoms with Crippen LogP contribution < -0.4 is 5.69 Å². The van der Waals surface area contributed by atoms with E-state index in [0.717, 1.165) is 10.1 Å². The number of amides is 1. The molecule has 2 aromatic heterocycles. The van der Waals surface area contributed by atoms with E-state index in [1.165, 1.54) is 9.47 Å². The second kappa shape index (κ2) is 5.68. The van der Waals surface area contributed by atoms with Crippen LogP contribution in [0.25, 0.3) is 11.2 Å². The van der Waals surface area contributed by atoms with E-state index in [0.29, 0.717) is 23.4 Å². The van der Waals surface area contributed by atoms with Crippen LogP contribution in [0.3, 0.4) is 0 Å². The number of carbonyl (C=O) groups excluding carboxylic acids is 1. The van der Waals surface area contributed by atoms with Crippen LogP contribution >= 0.6 is 0 Å². The third-order valence-electron chi connectivity index (χ3n) is 3.63. The predicted molar refractivity (Wildman–Crippen MR) is 86.5 cm³/mol. The van der Waals surface area contributed by atoms with E-state index in [9.17, 15) is 9.59 Å². The fourth-order valence-electron chi connectivity index (χ4n) is 2.38. The highest BCUT2D eigenvalue weighted by molar-refractivity contribution is 5.86. The Labute approximate surface area is 132 Å². The molecule has 0 spiro atoms. The molecule has 7 nitrogen and oxygen atoms in total. The van der Waals surface area contributed by atoms with Crippen molar-refractivity contribution in [2.45, 2.75) is 6.42 Å². The van der Waals surface area contributed by atoms with Crippen LogP contribution in [0.1, 0.15) is 11.4 Å². The Morgan fingerprint density at radius 2 is 1.91 bits per heavy atom. The number of hydrogen-bond acceptors (Lipinski definition) is 4. The van der Waals surface area contributed by atoms with Gasteiger partial charge in [0, 0.05) is 27.6 Å². The third kappa shape index (κ3) is 2.61. The van der Waals surface area contributed by atoms with Gasteiger partial charge in [0.15, 0.2) is 5.65 Å². The molecule has 0 N–H and O–H groups in total. The fraction of sp³-hybridized carbons (Fsp3) is 0.250. The largest absolute Gasteiger partial charge is 0.338 e. The Morgan fingerprint density at radius 3 is 2.57 bits per heavy atom. The lowest BCUT2D eigenvalue weighted by Gasteiger charge is -2.10. The lowest BCUT2D eigenvalue weighted by atomic mass is 10.1. The summed E-state index contributed by atoms with van der Waals surface area (Å²) in [6.45, 7) is 0. The summed E-state index contributed by atoms with van der Waals surface area (Å²) in [6.07, 6.45) is 2.12. The van der Waals surface area contributed by atoms with Crippen LogP contribution in [0.4, 0.5) is 4.79 Å². The van der Waals surface area contributed by atoms with Crippen LogP contribution in [-0.2, 0) is 13.5 Å². The maximum absolute atomic E-state index is 12.3. The van der Waals surface area contributed by atoms with Crippen molar-refractivity contribution in [3.63, 3.8) is 0 Å². The van der Waals surface area contributed by atoms with E-state index >= 15 is 0 Å².